The van der Waals surface area contributed by atoms with Gasteiger partial charge in [-0.1, -0.05) is 24.3 Å². The molecule has 0 amide bonds. The maximum atomic E-state index is 5.84. The molecular weight excluding hydrogens is 122 g/mol. The smallest absolute Gasteiger partial charge is 0.0352 e. The molecule has 1 heteroatoms. The van der Waals surface area contributed by atoms with Gasteiger partial charge < -0.3 is 5.73 Å². The van der Waals surface area contributed by atoms with Crippen LogP contribution >= 0.6 is 0 Å². The van der Waals surface area contributed by atoms with Crippen molar-refractivity contribution in [1.29, 1.82) is 0 Å². The van der Waals surface area contributed by atoms with Crippen LogP contribution in [0.5, 0.6) is 0 Å². The van der Waals surface area contributed by atoms with E-state index < -0.39 is 0 Å². The zero-order valence-electron chi connectivity index (χ0n) is 6.39. The maximum absolute atomic E-state index is 5.84. The molecule has 0 unspecified atom stereocenters. The molecule has 0 heterocycles. The van der Waals surface area contributed by atoms with E-state index in [4.69, 9.17) is 5.73 Å². The van der Waals surface area contributed by atoms with Gasteiger partial charge in [0.05, 0.1) is 0 Å². The Morgan fingerprint density at radius 2 is 1.80 bits per heavy atom. The Hall–Kier alpha value is -0.820. The Labute approximate surface area is 61.9 Å². The first-order valence-corrected chi connectivity index (χ1v) is 3.36. The molecule has 0 aliphatic carbocycles. The first-order chi connectivity index (χ1) is 4.61. The first-order valence-electron chi connectivity index (χ1n) is 3.36. The molecule has 0 atom stereocenters. The Morgan fingerprint density at radius 1 is 1.30 bits per heavy atom. The fourth-order valence-corrected chi connectivity index (χ4v) is 0.816. The van der Waals surface area contributed by atoms with Crippen molar-refractivity contribution in [3.63, 3.8) is 0 Å². The molecule has 53 valence electrons. The topological polar surface area (TPSA) is 26.0 Å². The molecule has 10 heavy (non-hydrogen) atoms. The van der Waals surface area contributed by atoms with E-state index in [-0.39, 0.29) is 5.54 Å². The quantitative estimate of drug-likeness (QED) is 0.621. The normalized spacial score (nSPS) is 11.5. The molecule has 2 N–H and O–H groups in total. The summed E-state index contributed by atoms with van der Waals surface area (Å²) in [6, 6.07) is 10.7. The van der Waals surface area contributed by atoms with Crippen LogP contribution in [0.2, 0.25) is 0 Å². The third-order valence-electron chi connectivity index (χ3n) is 1.46. The Morgan fingerprint density at radius 3 is 2.10 bits per heavy atom. The van der Waals surface area contributed by atoms with Gasteiger partial charge in [-0.15, -0.1) is 0 Å². The number of hydrogen-bond donors (Lipinski definition) is 1. The summed E-state index contributed by atoms with van der Waals surface area (Å²) >= 11 is 0. The highest BCUT2D eigenvalue weighted by Gasteiger charge is 2.11. The summed E-state index contributed by atoms with van der Waals surface area (Å²) in [5.74, 6) is 0. The van der Waals surface area contributed by atoms with E-state index in [1.807, 2.05) is 38.1 Å². The second-order valence-corrected chi connectivity index (χ2v) is 3.01. The van der Waals surface area contributed by atoms with E-state index in [1.165, 1.54) is 0 Å². The molecule has 1 nitrogen and oxygen atoms in total. The number of nitrogens with two attached hydrogens (primary N) is 1. The fraction of sp³-hybridized carbons (Fsp3) is 0.333. The summed E-state index contributed by atoms with van der Waals surface area (Å²) in [7, 11) is 0. The van der Waals surface area contributed by atoms with E-state index in [9.17, 15) is 0 Å². The molecular formula is C9H12N. The lowest BCUT2D eigenvalue weighted by Gasteiger charge is -2.18. The summed E-state index contributed by atoms with van der Waals surface area (Å²) < 4.78 is 0. The minimum Gasteiger partial charge on any atom is -0.322 e. The van der Waals surface area contributed by atoms with Gasteiger partial charge in [0, 0.05) is 5.54 Å². The van der Waals surface area contributed by atoms with Crippen LogP contribution in [0.25, 0.3) is 0 Å². The van der Waals surface area contributed by atoms with Gasteiger partial charge >= 0.3 is 0 Å². The average Bonchev–Trinajstić information content (AvgIpc) is 1.88. The van der Waals surface area contributed by atoms with Crippen molar-refractivity contribution in [3.05, 3.63) is 35.9 Å². The summed E-state index contributed by atoms with van der Waals surface area (Å²) in [6.45, 7) is 3.98. The van der Waals surface area contributed by atoms with Crippen molar-refractivity contribution in [1.82, 2.24) is 0 Å². The lowest BCUT2D eigenvalue weighted by atomic mass is 9.96. The predicted molar refractivity (Wildman–Crippen MR) is 42.5 cm³/mol. The van der Waals surface area contributed by atoms with Crippen molar-refractivity contribution < 1.29 is 0 Å². The number of benzene rings is 1. The van der Waals surface area contributed by atoms with Crippen LogP contribution in [0.3, 0.4) is 0 Å². The molecule has 1 rings (SSSR count). The highest BCUT2D eigenvalue weighted by Crippen LogP contribution is 2.14. The van der Waals surface area contributed by atoms with Crippen LogP contribution in [-0.2, 0) is 5.54 Å². The van der Waals surface area contributed by atoms with Gasteiger partial charge in [-0.05, 0) is 25.5 Å². The van der Waals surface area contributed by atoms with Crippen LogP contribution in [0.1, 0.15) is 19.4 Å². The summed E-state index contributed by atoms with van der Waals surface area (Å²) in [5.41, 5.74) is 6.76. The zero-order valence-corrected chi connectivity index (χ0v) is 6.39. The summed E-state index contributed by atoms with van der Waals surface area (Å²) in [6.07, 6.45) is 0. The second-order valence-electron chi connectivity index (χ2n) is 3.01. The number of rotatable bonds is 1. The lowest BCUT2D eigenvalue weighted by Crippen LogP contribution is -2.28. The maximum Gasteiger partial charge on any atom is 0.0352 e. The largest absolute Gasteiger partial charge is 0.322 e. The van der Waals surface area contributed by atoms with E-state index in [1.54, 1.807) is 0 Å². The van der Waals surface area contributed by atoms with E-state index in [2.05, 4.69) is 6.07 Å². The van der Waals surface area contributed by atoms with Crippen molar-refractivity contribution in [2.75, 3.05) is 0 Å². The van der Waals surface area contributed by atoms with Gasteiger partial charge in [-0.25, -0.2) is 0 Å². The molecule has 0 saturated heterocycles. The van der Waals surface area contributed by atoms with Crippen LogP contribution in [-0.4, -0.2) is 0 Å². The average molecular weight is 134 g/mol. The van der Waals surface area contributed by atoms with Crippen molar-refractivity contribution in [2.24, 2.45) is 5.73 Å². The van der Waals surface area contributed by atoms with Crippen molar-refractivity contribution in [2.45, 2.75) is 19.4 Å². The van der Waals surface area contributed by atoms with Crippen molar-refractivity contribution >= 4 is 0 Å². The molecule has 0 fully saturated rings. The molecule has 0 aromatic heterocycles. The lowest BCUT2D eigenvalue weighted by molar-refractivity contribution is 0.554. The highest BCUT2D eigenvalue weighted by atomic mass is 14.7. The summed E-state index contributed by atoms with van der Waals surface area (Å²) in [5, 5.41) is 0. The number of hydrogen-bond acceptors (Lipinski definition) is 1. The second kappa shape index (κ2) is 2.43. The molecule has 0 aliphatic heterocycles. The standard InChI is InChI=1S/C9H12N/c1-9(2,10)8-6-4-3-5-7-8/h4-7H,10H2,1-2H3. The zero-order chi connectivity index (χ0) is 7.61. The molecule has 1 radical (unpaired) electrons. The molecule has 1 aromatic rings. The van der Waals surface area contributed by atoms with Gasteiger partial charge in [-0.3, -0.25) is 0 Å². The third kappa shape index (κ3) is 1.58. The molecule has 0 bridgehead atoms. The van der Waals surface area contributed by atoms with Gasteiger partial charge in [0.2, 0.25) is 0 Å². The highest BCUT2D eigenvalue weighted by molar-refractivity contribution is 5.20. The van der Waals surface area contributed by atoms with Crippen LogP contribution in [0.15, 0.2) is 24.3 Å². The minimum atomic E-state index is -0.227. The molecule has 1 aromatic carbocycles. The Bertz CT molecular complexity index is 196. The molecule has 0 saturated carbocycles. The van der Waals surface area contributed by atoms with E-state index >= 15 is 0 Å². The van der Waals surface area contributed by atoms with Crippen LogP contribution in [0.4, 0.5) is 0 Å². The van der Waals surface area contributed by atoms with Crippen LogP contribution in [0, 0.1) is 6.07 Å². The van der Waals surface area contributed by atoms with E-state index in [0.717, 1.165) is 5.56 Å². The Balaban J connectivity index is 2.97. The SMILES string of the molecule is CC(C)(N)c1cc[c]cc1. The first kappa shape index (κ1) is 7.29. The van der Waals surface area contributed by atoms with Gasteiger partial charge in [0.15, 0.2) is 0 Å². The minimum absolute atomic E-state index is 0.227. The monoisotopic (exact) mass is 134 g/mol. The summed E-state index contributed by atoms with van der Waals surface area (Å²) in [4.78, 5) is 0. The predicted octanol–water partition coefficient (Wildman–Crippen LogP) is 1.68. The Kier molecular flexibility index (Phi) is 1.77. The van der Waals surface area contributed by atoms with Gasteiger partial charge in [0.25, 0.3) is 0 Å². The molecule has 0 spiro atoms. The third-order valence-corrected chi connectivity index (χ3v) is 1.46. The van der Waals surface area contributed by atoms with Crippen LogP contribution < -0.4 is 5.73 Å². The van der Waals surface area contributed by atoms with Gasteiger partial charge in [-0.2, -0.15) is 0 Å². The van der Waals surface area contributed by atoms with Gasteiger partial charge in [0.1, 0.15) is 0 Å². The van der Waals surface area contributed by atoms with E-state index in [0.29, 0.717) is 0 Å². The fourth-order valence-electron chi connectivity index (χ4n) is 0.816. The molecule has 0 aliphatic rings. The van der Waals surface area contributed by atoms with Crippen molar-refractivity contribution in [3.8, 4) is 0 Å².